The second-order valence-electron chi connectivity index (χ2n) is 6.58. The van der Waals surface area contributed by atoms with E-state index in [0.717, 1.165) is 27.4 Å². The molecule has 2 unspecified atom stereocenters. The van der Waals surface area contributed by atoms with E-state index in [1.807, 2.05) is 37.1 Å². The molecule has 1 saturated heterocycles. The first-order chi connectivity index (χ1) is 13.9. The van der Waals surface area contributed by atoms with Crippen LogP contribution >= 0.6 is 39.0 Å². The molecule has 1 fully saturated rings. The average Bonchev–Trinajstić information content (AvgIpc) is 3.26. The topological polar surface area (TPSA) is 87.6 Å². The number of carbonyl (C=O) groups excluding carboxylic acids is 1. The van der Waals surface area contributed by atoms with Crippen LogP contribution in [0.4, 0.5) is 5.13 Å². The Balaban J connectivity index is 1.62. The van der Waals surface area contributed by atoms with Gasteiger partial charge in [0.1, 0.15) is 12.4 Å². The van der Waals surface area contributed by atoms with Crippen molar-refractivity contribution < 1.29 is 14.3 Å². The molecule has 0 saturated carbocycles. The number of esters is 1. The highest BCUT2D eigenvalue weighted by Gasteiger charge is 2.45. The summed E-state index contributed by atoms with van der Waals surface area (Å²) in [5, 5.41) is 22.7. The molecule has 0 amide bonds. The number of halogens is 1. The first kappa shape index (κ1) is 22.4. The molecular weight excluding hydrogens is 480 g/mol. The van der Waals surface area contributed by atoms with Gasteiger partial charge in [-0.25, -0.2) is 9.69 Å². The lowest BCUT2D eigenvalue weighted by Gasteiger charge is -2.38. The third-order valence-corrected chi connectivity index (χ3v) is 6.72. The number of rotatable bonds is 9. The number of likely N-dealkylation sites (N-methyl/N-ethyl adjacent to an activating group) is 1. The number of thioether (sulfide) groups is 1. The highest BCUT2D eigenvalue weighted by molar-refractivity contribution is 9.09. The van der Waals surface area contributed by atoms with Crippen molar-refractivity contribution in [2.75, 3.05) is 38.0 Å². The van der Waals surface area contributed by atoms with E-state index in [9.17, 15) is 10.0 Å². The molecule has 8 nitrogen and oxygen atoms in total. The molecule has 2 heterocycles. The predicted molar refractivity (Wildman–Crippen MR) is 118 cm³/mol. The minimum absolute atomic E-state index is 0.152. The smallest absolute Gasteiger partial charge is 0.348 e. The van der Waals surface area contributed by atoms with E-state index in [2.05, 4.69) is 26.1 Å². The number of aromatic nitrogens is 2. The van der Waals surface area contributed by atoms with Gasteiger partial charge in [0.15, 0.2) is 10.9 Å². The second-order valence-corrected chi connectivity index (χ2v) is 9.84. The van der Waals surface area contributed by atoms with Gasteiger partial charge in [0, 0.05) is 5.33 Å². The lowest BCUT2D eigenvalue weighted by molar-refractivity contribution is -0.155. The summed E-state index contributed by atoms with van der Waals surface area (Å²) >= 11 is 6.19. The van der Waals surface area contributed by atoms with Crippen LogP contribution in [0.15, 0.2) is 28.6 Å². The molecule has 158 valence electrons. The number of hydroxylamine groups is 2. The zero-order chi connectivity index (χ0) is 20.9. The summed E-state index contributed by atoms with van der Waals surface area (Å²) < 4.78 is 11.0. The van der Waals surface area contributed by atoms with Crippen LogP contribution in [-0.2, 0) is 16.0 Å². The maximum atomic E-state index is 13.5. The second kappa shape index (κ2) is 10.2. The van der Waals surface area contributed by atoms with Gasteiger partial charge in [0.25, 0.3) is 6.23 Å². The summed E-state index contributed by atoms with van der Waals surface area (Å²) in [6.07, 6.45) is -0.0323. The maximum absolute atomic E-state index is 13.5. The molecule has 2 aromatic rings. The molecule has 29 heavy (non-hydrogen) atoms. The van der Waals surface area contributed by atoms with Crippen LogP contribution in [0.2, 0.25) is 0 Å². The van der Waals surface area contributed by atoms with Crippen LogP contribution in [0.5, 0.6) is 5.75 Å². The molecule has 0 radical (unpaired) electrons. The first-order valence-electron chi connectivity index (χ1n) is 9.16. The number of carbonyl (C=O) groups is 1. The molecular formula is C18H23BrN4O4S2. The molecule has 2 atom stereocenters. The third kappa shape index (κ3) is 5.68. The van der Waals surface area contributed by atoms with E-state index in [-0.39, 0.29) is 13.3 Å². The van der Waals surface area contributed by atoms with Gasteiger partial charge in [-0.1, -0.05) is 51.8 Å². The summed E-state index contributed by atoms with van der Waals surface area (Å²) in [5.41, 5.74) is 1.11. The highest BCUT2D eigenvalue weighted by Crippen LogP contribution is 2.36. The SMILES string of the molecule is CCSc1nnc([N+]2([O-])CN(C)CC2OC(=O)COc2cccc(CCBr)c2)s1. The Bertz CT molecular complexity index is 840. The van der Waals surface area contributed by atoms with Gasteiger partial charge >= 0.3 is 11.1 Å². The fraction of sp³-hybridized carbons (Fsp3) is 0.500. The number of quaternary nitrogens is 1. The molecule has 3 rings (SSSR count). The number of benzene rings is 1. The van der Waals surface area contributed by atoms with Gasteiger partial charge in [-0.2, -0.15) is 0 Å². The van der Waals surface area contributed by atoms with Crippen molar-refractivity contribution in [3.8, 4) is 5.75 Å². The molecule has 0 spiro atoms. The fourth-order valence-corrected chi connectivity index (χ4v) is 5.24. The van der Waals surface area contributed by atoms with Crippen LogP contribution in [0.3, 0.4) is 0 Å². The number of alkyl halides is 1. The lowest BCUT2D eigenvalue weighted by atomic mass is 10.2. The van der Waals surface area contributed by atoms with Gasteiger partial charge in [0.05, 0.1) is 6.54 Å². The van der Waals surface area contributed by atoms with Crippen LogP contribution in [-0.4, -0.2) is 65.2 Å². The molecule has 0 aliphatic carbocycles. The van der Waals surface area contributed by atoms with Crippen molar-refractivity contribution >= 4 is 50.1 Å². The number of hydrogen-bond acceptors (Lipinski definition) is 9. The Hall–Kier alpha value is -1.24. The minimum atomic E-state index is -0.900. The normalized spacial score (nSPS) is 22.0. The van der Waals surface area contributed by atoms with Crippen molar-refractivity contribution in [1.82, 2.24) is 19.7 Å². The number of nitrogens with zero attached hydrogens (tertiary/aromatic N) is 4. The van der Waals surface area contributed by atoms with Gasteiger partial charge in [-0.3, -0.25) is 4.65 Å². The summed E-state index contributed by atoms with van der Waals surface area (Å²) in [7, 11) is 1.81. The zero-order valence-corrected chi connectivity index (χ0v) is 19.5. The Labute approximate surface area is 186 Å². The Morgan fingerprint density at radius 2 is 2.31 bits per heavy atom. The van der Waals surface area contributed by atoms with Crippen molar-refractivity contribution in [3.05, 3.63) is 35.0 Å². The number of ether oxygens (including phenoxy) is 2. The monoisotopic (exact) mass is 502 g/mol. The molecule has 11 heteroatoms. The van der Waals surface area contributed by atoms with Gasteiger partial charge in [0.2, 0.25) is 0 Å². The molecule has 1 aliphatic rings. The molecule has 0 N–H and O–H groups in total. The quantitative estimate of drug-likeness (QED) is 0.170. The van der Waals surface area contributed by atoms with Crippen LogP contribution < -0.4 is 9.38 Å². The van der Waals surface area contributed by atoms with E-state index < -0.39 is 16.8 Å². The van der Waals surface area contributed by atoms with E-state index in [1.165, 1.54) is 23.1 Å². The summed E-state index contributed by atoms with van der Waals surface area (Å²) in [6, 6.07) is 7.55. The predicted octanol–water partition coefficient (Wildman–Crippen LogP) is 3.24. The Morgan fingerprint density at radius 3 is 3.07 bits per heavy atom. The summed E-state index contributed by atoms with van der Waals surface area (Å²) in [5.74, 6) is 0.861. The van der Waals surface area contributed by atoms with Crippen molar-refractivity contribution in [3.63, 3.8) is 0 Å². The minimum Gasteiger partial charge on any atom is -0.622 e. The molecule has 1 aromatic carbocycles. The van der Waals surface area contributed by atoms with Gasteiger partial charge < -0.3 is 14.7 Å². The Kier molecular flexibility index (Phi) is 7.88. The van der Waals surface area contributed by atoms with Gasteiger partial charge in [-0.15, -0.1) is 5.10 Å². The molecule has 1 aromatic heterocycles. The zero-order valence-electron chi connectivity index (χ0n) is 16.2. The van der Waals surface area contributed by atoms with E-state index >= 15 is 0 Å². The lowest BCUT2D eigenvalue weighted by Crippen LogP contribution is -2.51. The molecule has 1 aliphatic heterocycles. The summed E-state index contributed by atoms with van der Waals surface area (Å²) in [4.78, 5) is 14.2. The Morgan fingerprint density at radius 1 is 1.48 bits per heavy atom. The number of hydrogen-bond donors (Lipinski definition) is 0. The van der Waals surface area contributed by atoms with Crippen LogP contribution in [0.1, 0.15) is 12.5 Å². The van der Waals surface area contributed by atoms with Crippen molar-refractivity contribution in [1.29, 1.82) is 0 Å². The highest BCUT2D eigenvalue weighted by atomic mass is 79.9. The van der Waals surface area contributed by atoms with E-state index in [0.29, 0.717) is 17.4 Å². The summed E-state index contributed by atoms with van der Waals surface area (Å²) in [6.45, 7) is 2.23. The van der Waals surface area contributed by atoms with E-state index in [1.54, 1.807) is 6.07 Å². The van der Waals surface area contributed by atoms with Crippen molar-refractivity contribution in [2.24, 2.45) is 0 Å². The van der Waals surface area contributed by atoms with Crippen molar-refractivity contribution in [2.45, 2.75) is 23.9 Å². The molecule has 0 bridgehead atoms. The van der Waals surface area contributed by atoms with E-state index in [4.69, 9.17) is 9.47 Å². The maximum Gasteiger partial charge on any atom is 0.348 e. The van der Waals surface area contributed by atoms with Crippen LogP contribution in [0.25, 0.3) is 0 Å². The fourth-order valence-electron chi connectivity index (χ4n) is 2.98. The first-order valence-corrected chi connectivity index (χ1v) is 12.1. The standard InChI is InChI=1S/C18H23BrN4O4S2/c1-3-28-18-21-20-17(29-18)23(25)12-22(2)10-15(23)27-16(24)11-26-14-6-4-5-13(9-14)7-8-19/h4-6,9,15H,3,7-8,10-12H2,1-2H3. The number of aryl methyl sites for hydroxylation is 1. The largest absolute Gasteiger partial charge is 0.622 e. The average molecular weight is 503 g/mol. The van der Waals surface area contributed by atoms with Crippen LogP contribution in [0, 0.1) is 5.21 Å². The third-order valence-electron chi connectivity index (χ3n) is 4.28. The van der Waals surface area contributed by atoms with Gasteiger partial charge in [-0.05, 0) is 48.3 Å².